The molecule has 0 spiro atoms. The Hall–Kier alpha value is -6.18. The Morgan fingerprint density at radius 2 is 1.00 bits per heavy atom. The lowest BCUT2D eigenvalue weighted by molar-refractivity contribution is -0.143. The molecule has 0 aromatic heterocycles. The third-order valence-electron chi connectivity index (χ3n) is 7.12. The zero-order valence-electron chi connectivity index (χ0n) is 29.6. The molecule has 3 aromatic rings. The van der Waals surface area contributed by atoms with Crippen molar-refractivity contribution in [3.05, 3.63) is 96.1 Å². The highest BCUT2D eigenvalue weighted by molar-refractivity contribution is 5.92. The topological polar surface area (TPSA) is 176 Å². The highest BCUT2D eigenvalue weighted by atomic mass is 16.7. The summed E-state index contributed by atoms with van der Waals surface area (Å²) in [6.07, 6.45) is 3.46. The van der Waals surface area contributed by atoms with Gasteiger partial charge in [-0.15, -0.1) is 0 Å². The van der Waals surface area contributed by atoms with E-state index in [-0.39, 0.29) is 59.9 Å². The molecule has 0 aliphatic rings. The number of ether oxygens (including phenoxy) is 8. The van der Waals surface area contributed by atoms with Crippen LogP contribution in [0.3, 0.4) is 0 Å². The maximum absolute atomic E-state index is 12.7. The Morgan fingerprint density at radius 3 is 1.47 bits per heavy atom. The van der Waals surface area contributed by atoms with E-state index in [4.69, 9.17) is 37.9 Å². The van der Waals surface area contributed by atoms with Crippen molar-refractivity contribution < 1.29 is 66.7 Å². The van der Waals surface area contributed by atoms with Gasteiger partial charge >= 0.3 is 36.2 Å². The van der Waals surface area contributed by atoms with E-state index in [0.717, 1.165) is 6.08 Å². The number of carbonyl (C=O) groups is 6. The molecule has 0 heterocycles. The number of rotatable bonds is 20. The van der Waals surface area contributed by atoms with Gasteiger partial charge in [-0.25, -0.2) is 24.0 Å². The molecule has 0 amide bonds. The summed E-state index contributed by atoms with van der Waals surface area (Å²) in [5.74, 6) is -1.27. The van der Waals surface area contributed by atoms with E-state index in [1.807, 2.05) is 0 Å². The molecule has 3 rings (SSSR count). The third kappa shape index (κ3) is 15.7. The van der Waals surface area contributed by atoms with E-state index in [1.54, 1.807) is 13.8 Å². The molecule has 53 heavy (non-hydrogen) atoms. The van der Waals surface area contributed by atoms with E-state index in [1.165, 1.54) is 66.7 Å². The van der Waals surface area contributed by atoms with Crippen LogP contribution in [0.15, 0.2) is 79.4 Å². The van der Waals surface area contributed by atoms with Gasteiger partial charge in [0.2, 0.25) is 0 Å². The van der Waals surface area contributed by atoms with Gasteiger partial charge in [0.25, 0.3) is 0 Å². The second kappa shape index (κ2) is 22.6. The third-order valence-corrected chi connectivity index (χ3v) is 7.12. The maximum Gasteiger partial charge on any atom is 0.513 e. The number of hydrogen-bond acceptors (Lipinski definition) is 14. The molecule has 0 saturated carbocycles. The molecular weight excluding hydrogens is 692 g/mol. The summed E-state index contributed by atoms with van der Waals surface area (Å²) in [6, 6.07) is 15.9. The number of aryl methyl sites for hydroxylation is 1. The fourth-order valence-electron chi connectivity index (χ4n) is 4.29. The molecule has 0 radical (unpaired) electrons. The van der Waals surface area contributed by atoms with E-state index in [9.17, 15) is 28.8 Å². The van der Waals surface area contributed by atoms with Crippen LogP contribution in [0, 0.1) is 6.92 Å². The molecule has 0 aliphatic heterocycles. The summed E-state index contributed by atoms with van der Waals surface area (Å²) in [7, 11) is 0. The first-order valence-electron chi connectivity index (χ1n) is 17.0. The van der Waals surface area contributed by atoms with E-state index < -0.39 is 30.2 Å². The SMILES string of the molecule is C=CC(=O)OCCCCCOC(=O)Oc1ccc(C(=O)Oc2ccc(OC(=O)c3ccc(OC(=O)OCCCCCOC(=O)CC)cc3)cc2C)cc1. The summed E-state index contributed by atoms with van der Waals surface area (Å²) in [6.45, 7) is 7.57. The van der Waals surface area contributed by atoms with Crippen molar-refractivity contribution in [3.63, 3.8) is 0 Å². The minimum Gasteiger partial charge on any atom is -0.466 e. The van der Waals surface area contributed by atoms with Crippen LogP contribution in [0.5, 0.6) is 23.0 Å². The van der Waals surface area contributed by atoms with Crippen molar-refractivity contribution in [2.45, 2.75) is 58.8 Å². The number of unbranched alkanes of at least 4 members (excludes halogenated alkanes) is 4. The maximum atomic E-state index is 12.7. The molecule has 0 saturated heterocycles. The highest BCUT2D eigenvalue weighted by Gasteiger charge is 2.15. The summed E-state index contributed by atoms with van der Waals surface area (Å²) < 4.78 is 41.1. The van der Waals surface area contributed by atoms with Crippen LogP contribution in [-0.2, 0) is 28.5 Å². The van der Waals surface area contributed by atoms with Crippen LogP contribution in [-0.4, -0.2) is 62.6 Å². The van der Waals surface area contributed by atoms with Crippen LogP contribution in [0.1, 0.15) is 78.1 Å². The first-order chi connectivity index (χ1) is 25.6. The second-order valence-corrected chi connectivity index (χ2v) is 11.2. The van der Waals surface area contributed by atoms with Gasteiger partial charge in [0.15, 0.2) is 0 Å². The van der Waals surface area contributed by atoms with Crippen LogP contribution in [0.25, 0.3) is 0 Å². The summed E-state index contributed by atoms with van der Waals surface area (Å²) in [5, 5.41) is 0. The van der Waals surface area contributed by atoms with Crippen molar-refractivity contribution in [3.8, 4) is 23.0 Å². The first kappa shape index (κ1) is 41.2. The fraction of sp³-hybridized carbons (Fsp3) is 0.333. The lowest BCUT2D eigenvalue weighted by Crippen LogP contribution is -2.13. The minimum atomic E-state index is -0.896. The van der Waals surface area contributed by atoms with Gasteiger partial charge < -0.3 is 37.9 Å². The van der Waals surface area contributed by atoms with Gasteiger partial charge in [-0.1, -0.05) is 13.5 Å². The van der Waals surface area contributed by atoms with Crippen LogP contribution >= 0.6 is 0 Å². The van der Waals surface area contributed by atoms with Crippen LogP contribution in [0.2, 0.25) is 0 Å². The Kier molecular flexibility index (Phi) is 17.6. The molecule has 14 nitrogen and oxygen atoms in total. The summed E-state index contributed by atoms with van der Waals surface area (Å²) in [5.41, 5.74) is 0.914. The van der Waals surface area contributed by atoms with Gasteiger partial charge in [0, 0.05) is 12.5 Å². The number of carbonyl (C=O) groups excluding carboxylic acids is 6. The number of benzene rings is 3. The zero-order chi connectivity index (χ0) is 38.4. The Morgan fingerprint density at radius 1 is 0.547 bits per heavy atom. The standard InChI is InChI=1S/C39H42O14/c1-4-34(40)46-22-8-6-10-24-48-38(44)51-30-16-12-28(13-17-30)36(42)50-32-20-21-33(27(3)26-32)53-37(43)29-14-18-31(19-15-29)52-39(45)49-25-11-7-9-23-47-35(41)5-2/h5,12-21,26H,2,4,6-11,22-25H2,1,3H3. The summed E-state index contributed by atoms with van der Waals surface area (Å²) >= 11 is 0. The zero-order valence-corrected chi connectivity index (χ0v) is 29.6. The molecule has 14 heteroatoms. The Balaban J connectivity index is 1.37. The quantitative estimate of drug-likeness (QED) is 0.0279. The first-order valence-corrected chi connectivity index (χ1v) is 17.0. The molecule has 0 atom stereocenters. The van der Waals surface area contributed by atoms with Gasteiger partial charge in [0.05, 0.1) is 37.6 Å². The molecule has 0 unspecified atom stereocenters. The second-order valence-electron chi connectivity index (χ2n) is 11.2. The molecule has 282 valence electrons. The normalized spacial score (nSPS) is 10.3. The van der Waals surface area contributed by atoms with Crippen LogP contribution in [0.4, 0.5) is 9.59 Å². The molecule has 0 aliphatic carbocycles. The van der Waals surface area contributed by atoms with Gasteiger partial charge in [-0.2, -0.15) is 0 Å². The number of esters is 4. The lowest BCUT2D eigenvalue weighted by Gasteiger charge is -2.11. The monoisotopic (exact) mass is 734 g/mol. The average molecular weight is 735 g/mol. The van der Waals surface area contributed by atoms with E-state index >= 15 is 0 Å². The smallest absolute Gasteiger partial charge is 0.466 e. The van der Waals surface area contributed by atoms with Gasteiger partial charge in [0.1, 0.15) is 23.0 Å². The molecular formula is C39H42O14. The molecule has 0 fully saturated rings. The predicted octanol–water partition coefficient (Wildman–Crippen LogP) is 7.49. The fourth-order valence-corrected chi connectivity index (χ4v) is 4.29. The Labute approximate surface area is 306 Å². The Bertz CT molecular complexity index is 1700. The number of hydrogen-bond donors (Lipinski definition) is 0. The predicted molar refractivity (Wildman–Crippen MR) is 188 cm³/mol. The van der Waals surface area contributed by atoms with Crippen molar-refractivity contribution in [1.29, 1.82) is 0 Å². The van der Waals surface area contributed by atoms with Crippen molar-refractivity contribution in [2.24, 2.45) is 0 Å². The lowest BCUT2D eigenvalue weighted by atomic mass is 10.2. The van der Waals surface area contributed by atoms with Crippen LogP contribution < -0.4 is 18.9 Å². The van der Waals surface area contributed by atoms with Gasteiger partial charge in [-0.3, -0.25) is 4.79 Å². The van der Waals surface area contributed by atoms with Gasteiger partial charge in [-0.05, 0) is 118 Å². The van der Waals surface area contributed by atoms with E-state index in [0.29, 0.717) is 57.1 Å². The minimum absolute atomic E-state index is 0.128. The van der Waals surface area contributed by atoms with E-state index in [2.05, 4.69) is 6.58 Å². The van der Waals surface area contributed by atoms with Crippen molar-refractivity contribution in [1.82, 2.24) is 0 Å². The highest BCUT2D eigenvalue weighted by Crippen LogP contribution is 2.26. The van der Waals surface area contributed by atoms with Crippen molar-refractivity contribution >= 4 is 36.2 Å². The average Bonchev–Trinajstić information content (AvgIpc) is 3.15. The molecule has 0 N–H and O–H groups in total. The van der Waals surface area contributed by atoms with Crippen molar-refractivity contribution in [2.75, 3.05) is 26.4 Å². The molecule has 3 aromatic carbocycles. The largest absolute Gasteiger partial charge is 0.513 e. The molecule has 0 bridgehead atoms. The summed E-state index contributed by atoms with van der Waals surface area (Å²) in [4.78, 5) is 71.4.